The molecule has 5 aliphatic carbocycles. The van der Waals surface area contributed by atoms with Crippen LogP contribution < -0.4 is 0 Å². The second-order valence-corrected chi connectivity index (χ2v) is 14.1. The zero-order valence-corrected chi connectivity index (χ0v) is 22.3. The first-order valence-electron chi connectivity index (χ1n) is 13.8. The van der Waals surface area contributed by atoms with Gasteiger partial charge in [-0.2, -0.15) is 0 Å². The third-order valence-corrected chi connectivity index (χ3v) is 13.1. The fraction of sp³-hybridized carbons (Fsp3) is 0.833. The number of hydrogen-bond acceptors (Lipinski definition) is 4. The van der Waals surface area contributed by atoms with Crippen molar-refractivity contribution in [1.82, 2.24) is 0 Å². The molecule has 0 aliphatic heterocycles. The number of carboxylic acids is 1. The predicted molar refractivity (Wildman–Crippen MR) is 135 cm³/mol. The van der Waals surface area contributed by atoms with Crippen molar-refractivity contribution in [2.75, 3.05) is 6.61 Å². The van der Waals surface area contributed by atoms with Gasteiger partial charge in [-0.15, -0.1) is 0 Å². The van der Waals surface area contributed by atoms with Crippen LogP contribution in [0, 0.1) is 50.7 Å². The summed E-state index contributed by atoms with van der Waals surface area (Å²) in [5.74, 6) is -0.0668. The monoisotopic (exact) mass is 486 g/mol. The van der Waals surface area contributed by atoms with Crippen LogP contribution >= 0.6 is 0 Å². The first kappa shape index (κ1) is 25.5. The Kier molecular flexibility index (Phi) is 5.59. The predicted octanol–water partition coefficient (Wildman–Crippen LogP) is 4.95. The van der Waals surface area contributed by atoms with E-state index >= 15 is 0 Å². The van der Waals surface area contributed by atoms with Crippen molar-refractivity contribution >= 4 is 5.97 Å². The minimum absolute atomic E-state index is 0.00946. The minimum Gasteiger partial charge on any atom is -0.481 e. The summed E-state index contributed by atoms with van der Waals surface area (Å²) in [6, 6.07) is 0. The average molecular weight is 487 g/mol. The summed E-state index contributed by atoms with van der Waals surface area (Å²) in [7, 11) is 0. The number of rotatable bonds is 2. The zero-order valence-electron chi connectivity index (χ0n) is 22.3. The summed E-state index contributed by atoms with van der Waals surface area (Å²) < 4.78 is 0. The highest BCUT2D eigenvalue weighted by atomic mass is 16.4. The molecule has 4 fully saturated rings. The third kappa shape index (κ3) is 2.89. The van der Waals surface area contributed by atoms with Gasteiger partial charge in [-0.3, -0.25) is 4.79 Å². The van der Waals surface area contributed by atoms with Crippen LogP contribution in [0.15, 0.2) is 23.8 Å². The van der Waals surface area contributed by atoms with Crippen molar-refractivity contribution in [3.05, 3.63) is 23.8 Å². The van der Waals surface area contributed by atoms with E-state index < -0.39 is 29.0 Å². The molecule has 0 unspecified atom stereocenters. The van der Waals surface area contributed by atoms with E-state index in [9.17, 15) is 25.2 Å². The Labute approximate surface area is 210 Å². The molecule has 11 atom stereocenters. The molecule has 5 aliphatic rings. The molecule has 5 heteroatoms. The van der Waals surface area contributed by atoms with Crippen LogP contribution in [-0.4, -0.2) is 45.2 Å². The number of allylic oxidation sites excluding steroid dienone is 3. The molecular weight excluding hydrogens is 440 g/mol. The largest absolute Gasteiger partial charge is 0.481 e. The van der Waals surface area contributed by atoms with Crippen LogP contribution in [-0.2, 0) is 4.79 Å². The minimum atomic E-state index is -0.917. The molecule has 5 nitrogen and oxygen atoms in total. The maximum Gasteiger partial charge on any atom is 0.310 e. The second kappa shape index (κ2) is 7.68. The zero-order chi connectivity index (χ0) is 25.8. The molecule has 0 aromatic carbocycles. The number of aliphatic hydroxyl groups excluding tert-OH is 3. The Hall–Kier alpha value is -1.17. The second-order valence-electron chi connectivity index (χ2n) is 14.1. The Morgan fingerprint density at radius 3 is 2.40 bits per heavy atom. The van der Waals surface area contributed by atoms with Gasteiger partial charge in [0.05, 0.1) is 24.2 Å². The lowest BCUT2D eigenvalue weighted by molar-refractivity contribution is -0.243. The summed E-state index contributed by atoms with van der Waals surface area (Å²) in [5, 5.41) is 42.8. The molecule has 0 aromatic rings. The maximum absolute atomic E-state index is 12.8. The highest BCUT2D eigenvalue weighted by Gasteiger charge is 2.70. The summed E-state index contributed by atoms with van der Waals surface area (Å²) in [4.78, 5) is 12.8. The Morgan fingerprint density at radius 2 is 1.77 bits per heavy atom. The van der Waals surface area contributed by atoms with Crippen LogP contribution in [0.3, 0.4) is 0 Å². The quantitative estimate of drug-likeness (QED) is 0.414. The number of aliphatic hydroxyl groups is 3. The van der Waals surface area contributed by atoms with E-state index in [0.717, 1.165) is 32.1 Å². The molecule has 5 rings (SSSR count). The van der Waals surface area contributed by atoms with E-state index in [1.54, 1.807) is 0 Å². The van der Waals surface area contributed by atoms with Crippen LogP contribution in [0.5, 0.6) is 0 Å². The molecule has 0 saturated heterocycles. The Bertz CT molecular complexity index is 972. The van der Waals surface area contributed by atoms with Gasteiger partial charge in [0.25, 0.3) is 0 Å². The lowest BCUT2D eigenvalue weighted by Gasteiger charge is -2.71. The van der Waals surface area contributed by atoms with Gasteiger partial charge in [0.15, 0.2) is 0 Å². The summed E-state index contributed by atoms with van der Waals surface area (Å²) in [6.45, 7) is 15.5. The van der Waals surface area contributed by atoms with Gasteiger partial charge in [0, 0.05) is 11.3 Å². The van der Waals surface area contributed by atoms with Gasteiger partial charge in [0.1, 0.15) is 0 Å². The van der Waals surface area contributed by atoms with E-state index in [1.807, 2.05) is 6.92 Å². The molecule has 4 N–H and O–H groups in total. The third-order valence-electron chi connectivity index (χ3n) is 13.1. The fourth-order valence-corrected chi connectivity index (χ4v) is 10.7. The first-order valence-corrected chi connectivity index (χ1v) is 13.8. The van der Waals surface area contributed by atoms with E-state index in [1.165, 1.54) is 11.1 Å². The number of fused-ring (bicyclic) bond motifs is 7. The smallest absolute Gasteiger partial charge is 0.310 e. The van der Waals surface area contributed by atoms with Crippen molar-refractivity contribution in [3.8, 4) is 0 Å². The maximum atomic E-state index is 12.8. The number of carbonyl (C=O) groups is 1. The van der Waals surface area contributed by atoms with Crippen LogP contribution in [0.1, 0.15) is 86.0 Å². The van der Waals surface area contributed by atoms with E-state index in [2.05, 4.69) is 40.3 Å². The number of carboxylic acid groups (broad SMARTS) is 1. The first-order chi connectivity index (χ1) is 16.2. The summed E-state index contributed by atoms with van der Waals surface area (Å²) in [5.41, 5.74) is 0.748. The molecule has 0 aromatic heterocycles. The van der Waals surface area contributed by atoms with Gasteiger partial charge < -0.3 is 20.4 Å². The fourth-order valence-electron chi connectivity index (χ4n) is 10.7. The normalized spacial score (nSPS) is 55.7. The van der Waals surface area contributed by atoms with Crippen LogP contribution in [0.2, 0.25) is 0 Å². The number of aliphatic carboxylic acids is 1. The van der Waals surface area contributed by atoms with Gasteiger partial charge in [0.2, 0.25) is 0 Å². The molecule has 196 valence electrons. The van der Waals surface area contributed by atoms with E-state index in [-0.39, 0.29) is 40.6 Å². The van der Waals surface area contributed by atoms with Gasteiger partial charge >= 0.3 is 5.97 Å². The molecule has 0 bridgehead atoms. The molecule has 0 heterocycles. The van der Waals surface area contributed by atoms with Gasteiger partial charge in [-0.1, -0.05) is 58.4 Å². The van der Waals surface area contributed by atoms with E-state index in [4.69, 9.17) is 0 Å². The Balaban J connectivity index is 1.63. The SMILES string of the molecule is C=C1CC[C@]2(C(=O)O)CC[C@]3(C)C(=CC[C@@H]4[C@@]5(C)C[C@@H](O)[C@@H](O)[C@](C)(CO)[C@@H]5CC[C@]43C)[C@@H]2[C@H]1C. The lowest BCUT2D eigenvalue weighted by Crippen LogP contribution is -2.68. The topological polar surface area (TPSA) is 98.0 Å². The van der Waals surface area contributed by atoms with Crippen molar-refractivity contribution in [1.29, 1.82) is 0 Å². The summed E-state index contributed by atoms with van der Waals surface area (Å²) >= 11 is 0. The van der Waals surface area contributed by atoms with Gasteiger partial charge in [-0.05, 0) is 85.4 Å². The number of hydrogen-bond donors (Lipinski definition) is 4. The molecular formula is C30H46O5. The Morgan fingerprint density at radius 1 is 1.09 bits per heavy atom. The molecule has 35 heavy (non-hydrogen) atoms. The van der Waals surface area contributed by atoms with Crippen molar-refractivity contribution in [2.24, 2.45) is 50.7 Å². The molecule has 0 radical (unpaired) electrons. The molecule has 4 saturated carbocycles. The van der Waals surface area contributed by atoms with Crippen LogP contribution in [0.25, 0.3) is 0 Å². The van der Waals surface area contributed by atoms with Crippen molar-refractivity contribution < 1.29 is 25.2 Å². The highest BCUT2D eigenvalue weighted by molar-refractivity contribution is 5.77. The standard InChI is InChI=1S/C30H46O5/c1-17-9-12-30(25(34)35)14-13-28(5)19(23(30)18(17)2)7-8-22-26(3)15-20(32)24(33)27(4,16-31)21(26)10-11-29(22,28)6/h7,18,20-24,31-33H,1,8-16H2,2-6H3,(H,34,35)/t18-,20+,21+,22+,23-,24+,26-,27+,28+,29+,30-/m0/s1. The van der Waals surface area contributed by atoms with Gasteiger partial charge in [-0.25, -0.2) is 0 Å². The average Bonchev–Trinajstić information content (AvgIpc) is 2.80. The lowest BCUT2D eigenvalue weighted by atomic mass is 9.33. The van der Waals surface area contributed by atoms with Crippen molar-refractivity contribution in [2.45, 2.75) is 98.2 Å². The highest BCUT2D eigenvalue weighted by Crippen LogP contribution is 2.75. The molecule has 0 spiro atoms. The van der Waals surface area contributed by atoms with E-state index in [0.29, 0.717) is 25.2 Å². The molecule has 0 amide bonds. The summed E-state index contributed by atoms with van der Waals surface area (Å²) in [6.07, 6.45) is 7.00. The van der Waals surface area contributed by atoms with Crippen LogP contribution in [0.4, 0.5) is 0 Å². The van der Waals surface area contributed by atoms with Crippen molar-refractivity contribution in [3.63, 3.8) is 0 Å².